The number of carbonyl (C=O) groups excluding carboxylic acids is 1. The van der Waals surface area contributed by atoms with Crippen molar-refractivity contribution < 1.29 is 13.9 Å². The minimum absolute atomic E-state index is 0.00617. The second-order valence-electron chi connectivity index (χ2n) is 5.42. The van der Waals surface area contributed by atoms with Gasteiger partial charge in [-0.15, -0.1) is 0 Å². The first-order chi connectivity index (χ1) is 11.0. The fraction of sp³-hybridized carbons (Fsp3) is 0.278. The maximum absolute atomic E-state index is 13.0. The number of likely N-dealkylation sites (N-methyl/N-ethyl adjacent to an activating group) is 1. The average molecular weight is 316 g/mol. The molecule has 5 heteroatoms. The maximum Gasteiger partial charge on any atom is 0.238 e. The lowest BCUT2D eigenvalue weighted by Crippen LogP contribution is -2.32. The summed E-state index contributed by atoms with van der Waals surface area (Å²) in [5.74, 6) is 0.310. The van der Waals surface area contributed by atoms with Crippen LogP contribution < -0.4 is 10.1 Å². The number of hydrogen-bond donors (Lipinski definition) is 1. The van der Waals surface area contributed by atoms with Crippen molar-refractivity contribution in [3.8, 4) is 5.75 Å². The van der Waals surface area contributed by atoms with Gasteiger partial charge in [-0.05, 0) is 43.8 Å². The highest BCUT2D eigenvalue weighted by Crippen LogP contribution is 2.20. The number of benzene rings is 2. The fourth-order valence-electron chi connectivity index (χ4n) is 2.26. The lowest BCUT2D eigenvalue weighted by Gasteiger charge is -2.24. The number of ether oxygens (including phenoxy) is 1. The summed E-state index contributed by atoms with van der Waals surface area (Å²) < 4.78 is 18.1. The van der Waals surface area contributed by atoms with Crippen molar-refractivity contribution >= 4 is 11.6 Å². The van der Waals surface area contributed by atoms with Crippen LogP contribution in [0.4, 0.5) is 10.1 Å². The first-order valence-corrected chi connectivity index (χ1v) is 7.39. The van der Waals surface area contributed by atoms with Gasteiger partial charge in [0.2, 0.25) is 5.91 Å². The molecule has 4 nitrogen and oxygen atoms in total. The Morgan fingerprint density at radius 1 is 1.26 bits per heavy atom. The van der Waals surface area contributed by atoms with Gasteiger partial charge in [0.25, 0.3) is 0 Å². The van der Waals surface area contributed by atoms with Crippen LogP contribution in [-0.2, 0) is 4.79 Å². The number of methoxy groups -OCH3 is 1. The second-order valence-corrected chi connectivity index (χ2v) is 5.42. The minimum Gasteiger partial charge on any atom is -0.497 e. The molecule has 0 aliphatic carbocycles. The van der Waals surface area contributed by atoms with Gasteiger partial charge < -0.3 is 10.1 Å². The third-order valence-electron chi connectivity index (χ3n) is 3.76. The Hall–Kier alpha value is -2.40. The molecule has 0 saturated heterocycles. The molecule has 0 aromatic heterocycles. The molecule has 1 atom stereocenters. The molecule has 0 radical (unpaired) electrons. The summed E-state index contributed by atoms with van der Waals surface area (Å²) in [6.45, 7) is 2.21. The van der Waals surface area contributed by atoms with Crippen LogP contribution in [0.5, 0.6) is 5.75 Å². The molecular formula is C18H21FN2O2. The third kappa shape index (κ3) is 4.79. The average Bonchev–Trinajstić information content (AvgIpc) is 2.54. The predicted molar refractivity (Wildman–Crippen MR) is 89.1 cm³/mol. The lowest BCUT2D eigenvalue weighted by atomic mass is 10.1. The van der Waals surface area contributed by atoms with Gasteiger partial charge in [-0.1, -0.05) is 18.2 Å². The number of amides is 1. The van der Waals surface area contributed by atoms with Gasteiger partial charge in [0, 0.05) is 17.8 Å². The van der Waals surface area contributed by atoms with E-state index in [1.807, 2.05) is 37.1 Å². The summed E-state index contributed by atoms with van der Waals surface area (Å²) in [6, 6.07) is 13.5. The number of hydrogen-bond acceptors (Lipinski definition) is 3. The molecule has 122 valence electrons. The summed E-state index contributed by atoms with van der Waals surface area (Å²) in [4.78, 5) is 14.1. The molecule has 2 aromatic rings. The Kier molecular flexibility index (Phi) is 5.71. The zero-order valence-corrected chi connectivity index (χ0v) is 13.5. The lowest BCUT2D eigenvalue weighted by molar-refractivity contribution is -0.117. The van der Waals surface area contributed by atoms with Crippen molar-refractivity contribution in [2.75, 3.05) is 26.0 Å². The van der Waals surface area contributed by atoms with Crippen molar-refractivity contribution in [1.29, 1.82) is 0 Å². The largest absolute Gasteiger partial charge is 0.497 e. The van der Waals surface area contributed by atoms with Crippen molar-refractivity contribution in [3.05, 3.63) is 59.9 Å². The second kappa shape index (κ2) is 7.74. The molecule has 1 unspecified atom stereocenters. The van der Waals surface area contributed by atoms with Crippen LogP contribution >= 0.6 is 0 Å². The van der Waals surface area contributed by atoms with Crippen molar-refractivity contribution in [3.63, 3.8) is 0 Å². The predicted octanol–water partition coefficient (Wildman–Crippen LogP) is 3.47. The number of halogens is 1. The Labute approximate surface area is 135 Å². The van der Waals surface area contributed by atoms with Gasteiger partial charge in [0.05, 0.1) is 13.7 Å². The molecule has 0 aliphatic rings. The first kappa shape index (κ1) is 17.0. The highest BCUT2D eigenvalue weighted by molar-refractivity contribution is 5.92. The standard InChI is InChI=1S/C18H21FN2O2/c1-13(14-7-9-15(19)10-8-14)21(2)12-18(22)20-16-5-4-6-17(11-16)23-3/h4-11,13H,12H2,1-3H3,(H,20,22). The third-order valence-corrected chi connectivity index (χ3v) is 3.76. The number of nitrogens with zero attached hydrogens (tertiary/aromatic N) is 1. The van der Waals surface area contributed by atoms with Gasteiger partial charge in [-0.3, -0.25) is 9.69 Å². The molecule has 0 saturated carbocycles. The van der Waals surface area contributed by atoms with Crippen LogP contribution in [0.1, 0.15) is 18.5 Å². The SMILES string of the molecule is COc1cccc(NC(=O)CN(C)C(C)c2ccc(F)cc2)c1. The normalized spacial score (nSPS) is 12.0. The zero-order chi connectivity index (χ0) is 16.8. The number of carbonyl (C=O) groups is 1. The zero-order valence-electron chi connectivity index (χ0n) is 13.5. The number of anilines is 1. The minimum atomic E-state index is -0.264. The van der Waals surface area contributed by atoms with E-state index in [-0.39, 0.29) is 24.3 Å². The molecule has 1 N–H and O–H groups in total. The molecule has 0 aliphatic heterocycles. The van der Waals surface area contributed by atoms with E-state index >= 15 is 0 Å². The van der Waals surface area contributed by atoms with E-state index < -0.39 is 0 Å². The quantitative estimate of drug-likeness (QED) is 0.887. The molecule has 1 amide bonds. The highest BCUT2D eigenvalue weighted by atomic mass is 19.1. The topological polar surface area (TPSA) is 41.6 Å². The van der Waals surface area contributed by atoms with Gasteiger partial charge in [-0.2, -0.15) is 0 Å². The van der Waals surface area contributed by atoms with Crippen molar-refractivity contribution in [1.82, 2.24) is 4.90 Å². The molecule has 0 fully saturated rings. The molecule has 2 rings (SSSR count). The monoisotopic (exact) mass is 316 g/mol. The molecule has 23 heavy (non-hydrogen) atoms. The van der Waals surface area contributed by atoms with E-state index in [0.29, 0.717) is 11.4 Å². The number of nitrogens with one attached hydrogen (secondary N) is 1. The van der Waals surface area contributed by atoms with Crippen LogP contribution in [0.15, 0.2) is 48.5 Å². The summed E-state index contributed by atoms with van der Waals surface area (Å²) in [6.07, 6.45) is 0. The van der Waals surface area contributed by atoms with Gasteiger partial charge >= 0.3 is 0 Å². The summed E-state index contributed by atoms with van der Waals surface area (Å²) in [5.41, 5.74) is 1.65. The Balaban J connectivity index is 1.94. The molecule has 0 bridgehead atoms. The molecule has 0 heterocycles. The van der Waals surface area contributed by atoms with Gasteiger partial charge in [0.1, 0.15) is 11.6 Å². The first-order valence-electron chi connectivity index (χ1n) is 7.39. The Morgan fingerprint density at radius 3 is 2.61 bits per heavy atom. The van der Waals surface area contributed by atoms with E-state index in [1.54, 1.807) is 25.3 Å². The molecular weight excluding hydrogens is 295 g/mol. The van der Waals surface area contributed by atoms with Crippen molar-refractivity contribution in [2.24, 2.45) is 0 Å². The molecule has 2 aromatic carbocycles. The molecule has 0 spiro atoms. The summed E-state index contributed by atoms with van der Waals surface area (Å²) in [7, 11) is 3.44. The van der Waals surface area contributed by atoms with Crippen LogP contribution in [0, 0.1) is 5.82 Å². The smallest absolute Gasteiger partial charge is 0.238 e. The van der Waals surface area contributed by atoms with E-state index in [4.69, 9.17) is 4.74 Å². The van der Waals surface area contributed by atoms with E-state index in [1.165, 1.54) is 12.1 Å². The van der Waals surface area contributed by atoms with E-state index in [2.05, 4.69) is 5.32 Å². The van der Waals surface area contributed by atoms with Crippen LogP contribution in [-0.4, -0.2) is 31.5 Å². The Bertz CT molecular complexity index is 658. The van der Waals surface area contributed by atoms with Crippen molar-refractivity contribution in [2.45, 2.75) is 13.0 Å². The van der Waals surface area contributed by atoms with E-state index in [0.717, 1.165) is 5.56 Å². The highest BCUT2D eigenvalue weighted by Gasteiger charge is 2.15. The summed E-state index contributed by atoms with van der Waals surface area (Å²) >= 11 is 0. The summed E-state index contributed by atoms with van der Waals surface area (Å²) in [5, 5.41) is 2.84. The van der Waals surface area contributed by atoms with Gasteiger partial charge in [0.15, 0.2) is 0 Å². The van der Waals surface area contributed by atoms with Crippen LogP contribution in [0.3, 0.4) is 0 Å². The maximum atomic E-state index is 13.0. The van der Waals surface area contributed by atoms with Crippen LogP contribution in [0.25, 0.3) is 0 Å². The Morgan fingerprint density at radius 2 is 1.96 bits per heavy atom. The number of rotatable bonds is 6. The van der Waals surface area contributed by atoms with E-state index in [9.17, 15) is 9.18 Å². The fourth-order valence-corrected chi connectivity index (χ4v) is 2.26. The van der Waals surface area contributed by atoms with Gasteiger partial charge in [-0.25, -0.2) is 4.39 Å². The van der Waals surface area contributed by atoms with Crippen LogP contribution in [0.2, 0.25) is 0 Å².